The van der Waals surface area contributed by atoms with Gasteiger partial charge in [0.25, 0.3) is 5.91 Å². The highest BCUT2D eigenvalue weighted by atomic mass is 79.9. The number of likely N-dealkylation sites (tertiary alicyclic amines) is 1. The van der Waals surface area contributed by atoms with E-state index in [0.717, 1.165) is 35.2 Å². The topological polar surface area (TPSA) is 64.2 Å². The summed E-state index contributed by atoms with van der Waals surface area (Å²) < 4.78 is 2.88. The van der Waals surface area contributed by atoms with Crippen molar-refractivity contribution < 1.29 is 4.79 Å². The van der Waals surface area contributed by atoms with Gasteiger partial charge in [-0.25, -0.2) is 4.68 Å². The van der Waals surface area contributed by atoms with Gasteiger partial charge in [-0.2, -0.15) is 5.10 Å². The van der Waals surface area contributed by atoms with E-state index in [1.165, 1.54) is 0 Å². The summed E-state index contributed by atoms with van der Waals surface area (Å²) in [5, 5.41) is 4.47. The third kappa shape index (κ3) is 3.13. The lowest BCUT2D eigenvalue weighted by Crippen LogP contribution is -2.34. The lowest BCUT2D eigenvalue weighted by molar-refractivity contribution is 0.0742. The van der Waals surface area contributed by atoms with Crippen LogP contribution in [0.1, 0.15) is 36.3 Å². The molecule has 128 valence electrons. The first kappa shape index (κ1) is 17.2. The molecule has 0 bridgehead atoms. The van der Waals surface area contributed by atoms with E-state index in [1.54, 1.807) is 6.20 Å². The van der Waals surface area contributed by atoms with Gasteiger partial charge < -0.3 is 10.6 Å². The summed E-state index contributed by atoms with van der Waals surface area (Å²) in [6.45, 7) is 5.52. The van der Waals surface area contributed by atoms with Gasteiger partial charge in [-0.3, -0.25) is 4.79 Å². The molecule has 1 saturated heterocycles. The van der Waals surface area contributed by atoms with Gasteiger partial charge in [-0.15, -0.1) is 0 Å². The first-order valence-electron chi connectivity index (χ1n) is 8.39. The predicted octanol–water partition coefficient (Wildman–Crippen LogP) is 3.01. The highest BCUT2D eigenvalue weighted by Crippen LogP contribution is 2.26. The first-order valence-corrected chi connectivity index (χ1v) is 9.18. The lowest BCUT2D eigenvalue weighted by Gasteiger charge is -2.21. The average Bonchev–Trinajstić information content (AvgIpc) is 3.18. The Hall–Kier alpha value is -1.66. The third-order valence-corrected chi connectivity index (χ3v) is 5.29. The monoisotopic (exact) mass is 390 g/mol. The van der Waals surface area contributed by atoms with Crippen LogP contribution in [-0.4, -0.2) is 39.7 Å². The van der Waals surface area contributed by atoms with Crippen molar-refractivity contribution in [2.45, 2.75) is 32.7 Å². The zero-order valence-corrected chi connectivity index (χ0v) is 15.7. The van der Waals surface area contributed by atoms with E-state index in [0.29, 0.717) is 18.0 Å². The Morgan fingerprint density at radius 1 is 1.38 bits per heavy atom. The minimum atomic E-state index is 0.0682. The van der Waals surface area contributed by atoms with Crippen LogP contribution in [0.5, 0.6) is 0 Å². The van der Waals surface area contributed by atoms with Crippen LogP contribution in [0.3, 0.4) is 0 Å². The molecule has 1 aromatic heterocycles. The Bertz CT molecular complexity index is 725. The molecule has 0 saturated carbocycles. The van der Waals surface area contributed by atoms with E-state index in [-0.39, 0.29) is 11.9 Å². The minimum Gasteiger partial charge on any atom is -0.335 e. The number of nitrogens with two attached hydrogens (primary N) is 1. The smallest absolute Gasteiger partial charge is 0.257 e. The molecular weight excluding hydrogens is 368 g/mol. The molecule has 24 heavy (non-hydrogen) atoms. The number of hydrogen-bond donors (Lipinski definition) is 1. The lowest BCUT2D eigenvalue weighted by atomic mass is 10.1. The summed E-state index contributed by atoms with van der Waals surface area (Å²) in [4.78, 5) is 15.0. The predicted molar refractivity (Wildman–Crippen MR) is 98.3 cm³/mol. The highest BCUT2D eigenvalue weighted by molar-refractivity contribution is 9.10. The molecule has 1 aromatic carbocycles. The van der Waals surface area contributed by atoms with Crippen molar-refractivity contribution in [3.05, 3.63) is 46.2 Å². The van der Waals surface area contributed by atoms with Gasteiger partial charge >= 0.3 is 0 Å². The van der Waals surface area contributed by atoms with Gasteiger partial charge in [0, 0.05) is 17.1 Å². The van der Waals surface area contributed by atoms with Crippen molar-refractivity contribution in [1.29, 1.82) is 0 Å². The molecule has 0 spiro atoms. The second kappa shape index (κ2) is 7.07. The molecule has 1 fully saturated rings. The van der Waals surface area contributed by atoms with Crippen molar-refractivity contribution in [2.75, 3.05) is 13.1 Å². The van der Waals surface area contributed by atoms with Gasteiger partial charge in [0.1, 0.15) is 0 Å². The molecule has 2 unspecified atom stereocenters. The maximum Gasteiger partial charge on any atom is 0.257 e. The summed E-state index contributed by atoms with van der Waals surface area (Å²) in [5.74, 6) is 0.467. The normalized spacial score (nSPS) is 20.6. The summed E-state index contributed by atoms with van der Waals surface area (Å²) in [5.41, 5.74) is 8.40. The molecule has 1 amide bonds. The second-order valence-corrected chi connectivity index (χ2v) is 7.31. The summed E-state index contributed by atoms with van der Waals surface area (Å²) in [6.07, 6.45) is 3.43. The number of carbonyl (C=O) groups excluding carboxylic acids is 1. The molecule has 2 heterocycles. The fraction of sp³-hybridized carbons (Fsp3) is 0.444. The van der Waals surface area contributed by atoms with E-state index >= 15 is 0 Å². The van der Waals surface area contributed by atoms with Crippen molar-refractivity contribution in [3.63, 3.8) is 0 Å². The number of hydrogen-bond acceptors (Lipinski definition) is 3. The van der Waals surface area contributed by atoms with E-state index < -0.39 is 0 Å². The maximum absolute atomic E-state index is 13.0. The zero-order chi connectivity index (χ0) is 17.3. The number of nitrogens with zero attached hydrogens (tertiary/aromatic N) is 3. The van der Waals surface area contributed by atoms with Crippen LogP contribution < -0.4 is 5.73 Å². The van der Waals surface area contributed by atoms with Crippen molar-refractivity contribution in [1.82, 2.24) is 14.7 Å². The standard InChI is InChI=1S/C18H23BrN4O/c1-3-17-16(18(24)22-11-13(9-20)8-12(22)2)10-21-23(17)15-6-4-14(19)5-7-15/h4-7,10,12-13H,3,8-9,11,20H2,1-2H3. The zero-order valence-electron chi connectivity index (χ0n) is 14.1. The second-order valence-electron chi connectivity index (χ2n) is 6.39. The van der Waals surface area contributed by atoms with Crippen molar-refractivity contribution in [2.24, 2.45) is 11.7 Å². The Labute approximate surface area is 151 Å². The van der Waals surface area contributed by atoms with Crippen LogP contribution in [0, 0.1) is 5.92 Å². The van der Waals surface area contributed by atoms with Crippen molar-refractivity contribution in [3.8, 4) is 5.69 Å². The quantitative estimate of drug-likeness (QED) is 0.872. The molecule has 0 radical (unpaired) electrons. The number of aromatic nitrogens is 2. The van der Waals surface area contributed by atoms with Gasteiger partial charge in [0.2, 0.25) is 0 Å². The first-order chi connectivity index (χ1) is 11.5. The molecular formula is C18H23BrN4O. The average molecular weight is 391 g/mol. The fourth-order valence-corrected chi connectivity index (χ4v) is 3.71. The largest absolute Gasteiger partial charge is 0.335 e. The number of benzene rings is 1. The Kier molecular flexibility index (Phi) is 5.06. The van der Waals surface area contributed by atoms with E-state index in [1.807, 2.05) is 33.8 Å². The fourth-order valence-electron chi connectivity index (χ4n) is 3.45. The summed E-state index contributed by atoms with van der Waals surface area (Å²) in [6, 6.07) is 8.17. The van der Waals surface area contributed by atoms with Crippen LogP contribution in [0.2, 0.25) is 0 Å². The van der Waals surface area contributed by atoms with Gasteiger partial charge in [0.15, 0.2) is 0 Å². The molecule has 5 nitrogen and oxygen atoms in total. The molecule has 2 N–H and O–H groups in total. The number of halogens is 1. The number of rotatable bonds is 4. The number of carbonyl (C=O) groups is 1. The Morgan fingerprint density at radius 2 is 2.08 bits per heavy atom. The van der Waals surface area contributed by atoms with Crippen molar-refractivity contribution >= 4 is 21.8 Å². The van der Waals surface area contributed by atoms with E-state index in [2.05, 4.69) is 34.9 Å². The van der Waals surface area contributed by atoms with Gasteiger partial charge in [-0.05, 0) is 56.5 Å². The molecule has 0 aliphatic carbocycles. The summed E-state index contributed by atoms with van der Waals surface area (Å²) >= 11 is 3.45. The molecule has 6 heteroatoms. The SMILES string of the molecule is CCc1c(C(=O)N2CC(CN)CC2C)cnn1-c1ccc(Br)cc1. The Balaban J connectivity index is 1.92. The molecule has 2 atom stereocenters. The van der Waals surface area contributed by atoms with Gasteiger partial charge in [0.05, 0.1) is 23.1 Å². The molecule has 2 aromatic rings. The van der Waals surface area contributed by atoms with Crippen LogP contribution in [0.15, 0.2) is 34.9 Å². The number of amides is 1. The minimum absolute atomic E-state index is 0.0682. The third-order valence-electron chi connectivity index (χ3n) is 4.76. The van der Waals surface area contributed by atoms with Gasteiger partial charge in [-0.1, -0.05) is 22.9 Å². The van der Waals surface area contributed by atoms with Crippen LogP contribution in [-0.2, 0) is 6.42 Å². The molecule has 3 rings (SSSR count). The van der Waals surface area contributed by atoms with Crippen LogP contribution in [0.25, 0.3) is 5.69 Å². The molecule has 1 aliphatic heterocycles. The Morgan fingerprint density at radius 3 is 2.67 bits per heavy atom. The highest BCUT2D eigenvalue weighted by Gasteiger charge is 2.33. The molecule has 1 aliphatic rings. The summed E-state index contributed by atoms with van der Waals surface area (Å²) in [7, 11) is 0. The van der Waals surface area contributed by atoms with E-state index in [4.69, 9.17) is 5.73 Å². The maximum atomic E-state index is 13.0. The van der Waals surface area contributed by atoms with E-state index in [9.17, 15) is 4.79 Å². The van der Waals surface area contributed by atoms with Crippen LogP contribution in [0.4, 0.5) is 0 Å². The van der Waals surface area contributed by atoms with Crippen LogP contribution >= 0.6 is 15.9 Å².